The Labute approximate surface area is 167 Å². The van der Waals surface area contributed by atoms with Crippen LogP contribution in [0, 0.1) is 13.8 Å². The van der Waals surface area contributed by atoms with E-state index in [0.29, 0.717) is 13.0 Å². The highest BCUT2D eigenvalue weighted by Gasteiger charge is 2.17. The normalized spacial score (nSPS) is 11.0. The fraction of sp³-hybridized carbons (Fsp3) is 0.333. The van der Waals surface area contributed by atoms with Crippen molar-refractivity contribution in [2.75, 3.05) is 0 Å². The third kappa shape index (κ3) is 4.89. The highest BCUT2D eigenvalue weighted by Crippen LogP contribution is 2.16. The van der Waals surface area contributed by atoms with Crippen LogP contribution in [0.15, 0.2) is 60.7 Å². The average Bonchev–Trinajstić information content (AvgIpc) is 3.03. The zero-order chi connectivity index (χ0) is 20.1. The smallest absolute Gasteiger partial charge is 0.223 e. The predicted octanol–water partition coefficient (Wildman–Crippen LogP) is 4.86. The number of hydrogen-bond acceptors (Lipinski definition) is 2. The van der Waals surface area contributed by atoms with Gasteiger partial charge in [-0.15, -0.1) is 0 Å². The lowest BCUT2D eigenvalue weighted by atomic mass is 10.1. The zero-order valence-corrected chi connectivity index (χ0v) is 17.2. The standard InChI is InChI=1S/C24H29N3O/c1-18(2)26(17-22-8-6-5-7-9-22)24(28)15-12-21-10-13-23(14-11-21)27-20(4)16-19(3)25-27/h5-11,13-14,16,18H,12,15,17H2,1-4H3. The molecule has 28 heavy (non-hydrogen) atoms. The summed E-state index contributed by atoms with van der Waals surface area (Å²) in [6.07, 6.45) is 1.26. The van der Waals surface area contributed by atoms with Gasteiger partial charge < -0.3 is 4.90 Å². The van der Waals surface area contributed by atoms with Crippen molar-refractivity contribution in [3.05, 3.63) is 83.2 Å². The third-order valence-electron chi connectivity index (χ3n) is 4.96. The Hall–Kier alpha value is -2.88. The number of carbonyl (C=O) groups is 1. The molecule has 0 atom stereocenters. The van der Waals surface area contributed by atoms with E-state index in [9.17, 15) is 4.79 Å². The largest absolute Gasteiger partial charge is 0.336 e. The third-order valence-corrected chi connectivity index (χ3v) is 4.96. The first-order valence-electron chi connectivity index (χ1n) is 9.90. The van der Waals surface area contributed by atoms with E-state index in [1.165, 1.54) is 11.1 Å². The summed E-state index contributed by atoms with van der Waals surface area (Å²) in [5.41, 5.74) is 5.52. The maximum absolute atomic E-state index is 12.8. The lowest BCUT2D eigenvalue weighted by Crippen LogP contribution is -2.36. The molecule has 2 aromatic carbocycles. The van der Waals surface area contributed by atoms with Gasteiger partial charge in [-0.2, -0.15) is 5.10 Å². The quantitative estimate of drug-likeness (QED) is 0.591. The van der Waals surface area contributed by atoms with Gasteiger partial charge in [0.1, 0.15) is 0 Å². The van der Waals surface area contributed by atoms with Gasteiger partial charge in [0.2, 0.25) is 5.91 Å². The molecule has 0 radical (unpaired) electrons. The molecule has 0 spiro atoms. The van der Waals surface area contributed by atoms with E-state index in [0.717, 1.165) is 23.5 Å². The Kier molecular flexibility index (Phi) is 6.30. The number of aromatic nitrogens is 2. The van der Waals surface area contributed by atoms with Gasteiger partial charge in [-0.3, -0.25) is 4.79 Å². The molecule has 4 nitrogen and oxygen atoms in total. The highest BCUT2D eigenvalue weighted by atomic mass is 16.2. The summed E-state index contributed by atoms with van der Waals surface area (Å²) in [5.74, 6) is 0.196. The van der Waals surface area contributed by atoms with Crippen LogP contribution < -0.4 is 0 Å². The van der Waals surface area contributed by atoms with Crippen LogP contribution in [0.5, 0.6) is 0 Å². The molecular weight excluding hydrogens is 346 g/mol. The monoisotopic (exact) mass is 375 g/mol. The molecule has 1 heterocycles. The molecule has 0 aliphatic carbocycles. The number of aryl methyl sites for hydroxylation is 3. The Bertz CT molecular complexity index is 911. The molecule has 0 saturated carbocycles. The molecule has 1 amide bonds. The summed E-state index contributed by atoms with van der Waals surface area (Å²) in [6.45, 7) is 8.86. The molecular formula is C24H29N3O. The maximum Gasteiger partial charge on any atom is 0.223 e. The van der Waals surface area contributed by atoms with Crippen LogP contribution in [0.4, 0.5) is 0 Å². The van der Waals surface area contributed by atoms with E-state index < -0.39 is 0 Å². The predicted molar refractivity (Wildman–Crippen MR) is 113 cm³/mol. The van der Waals surface area contributed by atoms with Gasteiger partial charge in [0, 0.05) is 24.7 Å². The van der Waals surface area contributed by atoms with Crippen molar-refractivity contribution in [2.45, 2.75) is 53.1 Å². The first-order valence-corrected chi connectivity index (χ1v) is 9.90. The molecule has 3 rings (SSSR count). The second kappa shape index (κ2) is 8.87. The van der Waals surface area contributed by atoms with E-state index >= 15 is 0 Å². The molecule has 0 aliphatic rings. The summed E-state index contributed by atoms with van der Waals surface area (Å²) in [7, 11) is 0. The molecule has 0 unspecified atom stereocenters. The van der Waals surface area contributed by atoms with Gasteiger partial charge in [-0.1, -0.05) is 42.5 Å². The Morgan fingerprint density at radius 2 is 1.68 bits per heavy atom. The molecule has 3 aromatic rings. The van der Waals surface area contributed by atoms with Crippen molar-refractivity contribution in [3.8, 4) is 5.69 Å². The van der Waals surface area contributed by atoms with Crippen molar-refractivity contribution in [3.63, 3.8) is 0 Å². The van der Waals surface area contributed by atoms with Crippen LogP contribution in [0.3, 0.4) is 0 Å². The number of nitrogens with zero attached hydrogens (tertiary/aromatic N) is 3. The van der Waals surface area contributed by atoms with Crippen LogP contribution in [0.25, 0.3) is 5.69 Å². The Balaban J connectivity index is 1.62. The fourth-order valence-corrected chi connectivity index (χ4v) is 3.43. The van der Waals surface area contributed by atoms with Gasteiger partial charge in [-0.05, 0) is 63.4 Å². The molecule has 0 fully saturated rings. The maximum atomic E-state index is 12.8. The average molecular weight is 376 g/mol. The molecule has 1 aromatic heterocycles. The summed E-state index contributed by atoms with van der Waals surface area (Å²) < 4.78 is 1.95. The second-order valence-corrected chi connectivity index (χ2v) is 7.61. The minimum absolute atomic E-state index is 0.182. The molecule has 0 saturated heterocycles. The zero-order valence-electron chi connectivity index (χ0n) is 17.2. The minimum atomic E-state index is 0.182. The molecule has 4 heteroatoms. The van der Waals surface area contributed by atoms with E-state index in [4.69, 9.17) is 0 Å². The summed E-state index contributed by atoms with van der Waals surface area (Å²) >= 11 is 0. The first-order chi connectivity index (χ1) is 13.4. The van der Waals surface area contributed by atoms with Crippen molar-refractivity contribution in [1.29, 1.82) is 0 Å². The van der Waals surface area contributed by atoms with Crippen LogP contribution in [0.1, 0.15) is 42.8 Å². The molecule has 0 bridgehead atoms. The van der Waals surface area contributed by atoms with Crippen molar-refractivity contribution in [2.24, 2.45) is 0 Å². The van der Waals surface area contributed by atoms with E-state index in [2.05, 4.69) is 68.3 Å². The molecule has 0 aliphatic heterocycles. The van der Waals surface area contributed by atoms with Crippen molar-refractivity contribution >= 4 is 5.91 Å². The number of carbonyl (C=O) groups excluding carboxylic acids is 1. The highest BCUT2D eigenvalue weighted by molar-refractivity contribution is 5.76. The Morgan fingerprint density at radius 1 is 1.00 bits per heavy atom. The molecule has 146 valence electrons. The second-order valence-electron chi connectivity index (χ2n) is 7.61. The van der Waals surface area contributed by atoms with E-state index in [1.54, 1.807) is 0 Å². The number of benzene rings is 2. The van der Waals surface area contributed by atoms with E-state index in [-0.39, 0.29) is 11.9 Å². The summed E-state index contributed by atoms with van der Waals surface area (Å²) in [5, 5.41) is 4.52. The lowest BCUT2D eigenvalue weighted by Gasteiger charge is -2.27. The van der Waals surface area contributed by atoms with Gasteiger partial charge in [0.25, 0.3) is 0 Å². The number of amides is 1. The SMILES string of the molecule is Cc1cc(C)n(-c2ccc(CCC(=O)N(Cc3ccccc3)C(C)C)cc2)n1. The number of hydrogen-bond donors (Lipinski definition) is 0. The lowest BCUT2D eigenvalue weighted by molar-refractivity contribution is -0.133. The molecule has 0 N–H and O–H groups in total. The summed E-state index contributed by atoms with van der Waals surface area (Å²) in [6, 6.07) is 20.8. The Morgan fingerprint density at radius 3 is 2.25 bits per heavy atom. The summed E-state index contributed by atoms with van der Waals surface area (Å²) in [4.78, 5) is 14.8. The van der Waals surface area contributed by atoms with Crippen LogP contribution in [0.2, 0.25) is 0 Å². The van der Waals surface area contributed by atoms with Crippen molar-refractivity contribution in [1.82, 2.24) is 14.7 Å². The van der Waals surface area contributed by atoms with Crippen molar-refractivity contribution < 1.29 is 4.79 Å². The van der Waals surface area contributed by atoms with Gasteiger partial charge in [0.15, 0.2) is 0 Å². The fourth-order valence-electron chi connectivity index (χ4n) is 3.43. The van der Waals surface area contributed by atoms with Crippen LogP contribution >= 0.6 is 0 Å². The topological polar surface area (TPSA) is 38.1 Å². The van der Waals surface area contributed by atoms with E-state index in [1.807, 2.05) is 34.7 Å². The minimum Gasteiger partial charge on any atom is -0.336 e. The van der Waals surface area contributed by atoms with Gasteiger partial charge in [-0.25, -0.2) is 4.68 Å². The number of rotatable bonds is 7. The first kappa shape index (κ1) is 19.9. The van der Waals surface area contributed by atoms with Gasteiger partial charge in [0.05, 0.1) is 11.4 Å². The van der Waals surface area contributed by atoms with Gasteiger partial charge >= 0.3 is 0 Å². The van der Waals surface area contributed by atoms with Crippen LogP contribution in [-0.2, 0) is 17.8 Å². The van der Waals surface area contributed by atoms with Crippen LogP contribution in [-0.4, -0.2) is 26.6 Å².